The molecule has 0 spiro atoms. The number of nitrogens with one attached hydrogen (secondary N) is 1. The number of hydrogen-bond donors (Lipinski definition) is 1. The topological polar surface area (TPSA) is 93.9 Å². The Bertz CT molecular complexity index is 1110. The van der Waals surface area contributed by atoms with Crippen LogP contribution in [0.2, 0.25) is 0 Å². The van der Waals surface area contributed by atoms with E-state index in [9.17, 15) is 9.59 Å². The van der Waals surface area contributed by atoms with Gasteiger partial charge in [-0.3, -0.25) is 9.69 Å². The fourth-order valence-corrected chi connectivity index (χ4v) is 3.50. The third-order valence-corrected chi connectivity index (χ3v) is 5.13. The standard InChI is InChI=1S/C21H17N3O5/c1-21(14-7-8-15-16(9-14)28-12-27-15)19(25)24(20(26)23-21)11-18-22-10-17(29-18)13-5-3-2-4-6-13/h2-10H,11-12H2,1H3,(H,23,26)/t21-/m0/s1. The van der Waals surface area contributed by atoms with Gasteiger partial charge in [-0.15, -0.1) is 0 Å². The van der Waals surface area contributed by atoms with Crippen molar-refractivity contribution in [2.45, 2.75) is 19.0 Å². The molecule has 0 radical (unpaired) electrons. The molecule has 1 saturated heterocycles. The van der Waals surface area contributed by atoms with Crippen LogP contribution in [0.25, 0.3) is 11.3 Å². The number of urea groups is 1. The predicted octanol–water partition coefficient (Wildman–Crippen LogP) is 3.04. The smallest absolute Gasteiger partial charge is 0.325 e. The Kier molecular flexibility index (Phi) is 3.80. The summed E-state index contributed by atoms with van der Waals surface area (Å²) in [5.74, 6) is 1.62. The van der Waals surface area contributed by atoms with Crippen LogP contribution in [-0.4, -0.2) is 28.6 Å². The summed E-state index contributed by atoms with van der Waals surface area (Å²) in [7, 11) is 0. The van der Waals surface area contributed by atoms with Crippen molar-refractivity contribution < 1.29 is 23.5 Å². The van der Waals surface area contributed by atoms with Crippen LogP contribution >= 0.6 is 0 Å². The van der Waals surface area contributed by atoms with E-state index >= 15 is 0 Å². The lowest BCUT2D eigenvalue weighted by Crippen LogP contribution is -2.40. The first kappa shape index (κ1) is 17.3. The fourth-order valence-electron chi connectivity index (χ4n) is 3.50. The molecule has 3 heterocycles. The molecule has 29 heavy (non-hydrogen) atoms. The number of oxazole rings is 1. The van der Waals surface area contributed by atoms with Gasteiger partial charge >= 0.3 is 6.03 Å². The van der Waals surface area contributed by atoms with Gasteiger partial charge in [0.05, 0.1) is 6.20 Å². The number of imide groups is 1. The van der Waals surface area contributed by atoms with E-state index in [4.69, 9.17) is 13.9 Å². The summed E-state index contributed by atoms with van der Waals surface area (Å²) in [4.78, 5) is 31.0. The van der Waals surface area contributed by atoms with Crippen LogP contribution in [0, 0.1) is 0 Å². The molecule has 1 aromatic heterocycles. The lowest BCUT2D eigenvalue weighted by atomic mass is 9.91. The number of amides is 3. The summed E-state index contributed by atoms with van der Waals surface area (Å²) in [6.45, 7) is 1.74. The molecule has 0 saturated carbocycles. The summed E-state index contributed by atoms with van der Waals surface area (Å²) in [6.07, 6.45) is 1.58. The van der Waals surface area contributed by atoms with Crippen LogP contribution in [0.4, 0.5) is 4.79 Å². The Labute approximate surface area is 166 Å². The molecule has 3 aromatic rings. The monoisotopic (exact) mass is 391 g/mol. The van der Waals surface area contributed by atoms with Crippen LogP contribution in [0.15, 0.2) is 59.1 Å². The van der Waals surface area contributed by atoms with E-state index in [1.54, 1.807) is 31.3 Å². The van der Waals surface area contributed by atoms with Gasteiger partial charge in [-0.05, 0) is 24.6 Å². The van der Waals surface area contributed by atoms with Gasteiger partial charge < -0.3 is 19.2 Å². The Morgan fingerprint density at radius 3 is 2.72 bits per heavy atom. The van der Waals surface area contributed by atoms with Gasteiger partial charge in [-0.1, -0.05) is 36.4 Å². The zero-order chi connectivity index (χ0) is 20.0. The zero-order valence-corrected chi connectivity index (χ0v) is 15.5. The number of benzene rings is 2. The maximum atomic E-state index is 13.1. The summed E-state index contributed by atoms with van der Waals surface area (Å²) in [5.41, 5.74) is 0.265. The highest BCUT2D eigenvalue weighted by atomic mass is 16.7. The Hall–Kier alpha value is -3.81. The van der Waals surface area contributed by atoms with Crippen molar-refractivity contribution in [3.05, 3.63) is 66.2 Å². The Balaban J connectivity index is 1.39. The minimum Gasteiger partial charge on any atom is -0.454 e. The summed E-state index contributed by atoms with van der Waals surface area (Å²) < 4.78 is 16.4. The second-order valence-corrected chi connectivity index (χ2v) is 7.00. The van der Waals surface area contributed by atoms with Crippen molar-refractivity contribution >= 4 is 11.9 Å². The number of hydrogen-bond acceptors (Lipinski definition) is 6. The van der Waals surface area contributed by atoms with Gasteiger partial charge in [-0.25, -0.2) is 9.78 Å². The minimum absolute atomic E-state index is 0.0579. The highest BCUT2D eigenvalue weighted by molar-refractivity contribution is 6.07. The second kappa shape index (κ2) is 6.37. The number of fused-ring (bicyclic) bond motifs is 1. The minimum atomic E-state index is -1.22. The maximum absolute atomic E-state index is 13.1. The average Bonchev–Trinajstić information content (AvgIpc) is 3.44. The van der Waals surface area contributed by atoms with Crippen molar-refractivity contribution in [2.75, 3.05) is 6.79 Å². The molecule has 0 unspecified atom stereocenters. The number of carbonyl (C=O) groups excluding carboxylic acids is 2. The van der Waals surface area contributed by atoms with Gasteiger partial charge in [0.1, 0.15) is 12.1 Å². The molecule has 5 rings (SSSR count). The van der Waals surface area contributed by atoms with E-state index in [0.717, 1.165) is 10.5 Å². The summed E-state index contributed by atoms with van der Waals surface area (Å²) >= 11 is 0. The largest absolute Gasteiger partial charge is 0.454 e. The van der Waals surface area contributed by atoms with Gasteiger partial charge in [0, 0.05) is 5.56 Å². The number of carbonyl (C=O) groups is 2. The van der Waals surface area contributed by atoms with Crippen LogP contribution in [0.5, 0.6) is 11.5 Å². The lowest BCUT2D eigenvalue weighted by Gasteiger charge is -2.22. The molecule has 8 heteroatoms. The zero-order valence-electron chi connectivity index (χ0n) is 15.5. The molecule has 2 aliphatic rings. The quantitative estimate of drug-likeness (QED) is 0.687. The molecule has 8 nitrogen and oxygen atoms in total. The Morgan fingerprint density at radius 1 is 1.10 bits per heavy atom. The van der Waals surface area contributed by atoms with Gasteiger partial charge in [0.25, 0.3) is 5.91 Å². The molecular formula is C21H17N3O5. The molecule has 146 valence electrons. The van der Waals surface area contributed by atoms with Gasteiger partial charge in [0.15, 0.2) is 17.3 Å². The van der Waals surface area contributed by atoms with E-state index in [2.05, 4.69) is 10.3 Å². The van der Waals surface area contributed by atoms with Crippen LogP contribution in [0.1, 0.15) is 18.4 Å². The van der Waals surface area contributed by atoms with Gasteiger partial charge in [-0.2, -0.15) is 0 Å². The molecule has 2 aliphatic heterocycles. The highest BCUT2D eigenvalue weighted by Gasteiger charge is 2.49. The van der Waals surface area contributed by atoms with Crippen molar-refractivity contribution in [2.24, 2.45) is 0 Å². The van der Waals surface area contributed by atoms with Crippen LogP contribution in [0.3, 0.4) is 0 Å². The number of nitrogens with zero attached hydrogens (tertiary/aromatic N) is 2. The maximum Gasteiger partial charge on any atom is 0.325 e. The van der Waals surface area contributed by atoms with E-state index in [1.165, 1.54) is 0 Å². The normalized spacial score (nSPS) is 20.2. The summed E-state index contributed by atoms with van der Waals surface area (Å²) in [6, 6.07) is 14.2. The molecule has 0 bridgehead atoms. The van der Waals surface area contributed by atoms with Crippen molar-refractivity contribution in [3.8, 4) is 22.8 Å². The number of rotatable bonds is 4. The first-order chi connectivity index (χ1) is 14.0. The first-order valence-corrected chi connectivity index (χ1v) is 9.09. The molecule has 1 atom stereocenters. The molecule has 0 aliphatic carbocycles. The first-order valence-electron chi connectivity index (χ1n) is 9.09. The molecule has 1 fully saturated rings. The average molecular weight is 391 g/mol. The van der Waals surface area contributed by atoms with E-state index < -0.39 is 11.6 Å². The molecule has 1 N–H and O–H groups in total. The highest BCUT2D eigenvalue weighted by Crippen LogP contribution is 2.38. The van der Waals surface area contributed by atoms with Crippen molar-refractivity contribution in [1.29, 1.82) is 0 Å². The molecule has 3 amide bonds. The van der Waals surface area contributed by atoms with Crippen LogP contribution < -0.4 is 14.8 Å². The predicted molar refractivity (Wildman–Crippen MR) is 101 cm³/mol. The van der Waals surface area contributed by atoms with Crippen molar-refractivity contribution in [1.82, 2.24) is 15.2 Å². The van der Waals surface area contributed by atoms with Crippen molar-refractivity contribution in [3.63, 3.8) is 0 Å². The third-order valence-electron chi connectivity index (χ3n) is 5.13. The van der Waals surface area contributed by atoms with Crippen LogP contribution in [-0.2, 0) is 16.9 Å². The molecule has 2 aromatic carbocycles. The Morgan fingerprint density at radius 2 is 1.90 bits per heavy atom. The SMILES string of the molecule is C[C@@]1(c2ccc3c(c2)OCO3)NC(=O)N(Cc2ncc(-c3ccccc3)o2)C1=O. The second-order valence-electron chi connectivity index (χ2n) is 7.00. The van der Waals surface area contributed by atoms with E-state index in [1.807, 2.05) is 30.3 Å². The number of ether oxygens (including phenoxy) is 2. The summed E-state index contributed by atoms with van der Waals surface area (Å²) in [5, 5.41) is 2.77. The lowest BCUT2D eigenvalue weighted by molar-refractivity contribution is -0.131. The molecular weight excluding hydrogens is 374 g/mol. The van der Waals surface area contributed by atoms with Gasteiger partial charge in [0.2, 0.25) is 12.7 Å². The van der Waals surface area contributed by atoms with E-state index in [0.29, 0.717) is 22.8 Å². The van der Waals surface area contributed by atoms with E-state index in [-0.39, 0.29) is 25.1 Å². The fraction of sp³-hybridized carbons (Fsp3) is 0.190. The third kappa shape index (κ3) is 2.80. The number of aromatic nitrogens is 1.